The fourth-order valence-corrected chi connectivity index (χ4v) is 2.12. The van der Waals surface area contributed by atoms with E-state index in [2.05, 4.69) is 25.3 Å². The van der Waals surface area contributed by atoms with E-state index in [1.165, 1.54) is 6.33 Å². The zero-order valence-corrected chi connectivity index (χ0v) is 11.8. The normalized spacial score (nSPS) is 10.8. The minimum Gasteiger partial charge on any atom is -0.398 e. The Hall–Kier alpha value is -2.67. The molecule has 0 aliphatic rings. The van der Waals surface area contributed by atoms with Gasteiger partial charge in [-0.25, -0.2) is 4.98 Å². The van der Waals surface area contributed by atoms with E-state index in [0.29, 0.717) is 22.4 Å². The number of hydrogen-bond donors (Lipinski definition) is 3. The number of rotatable bonds is 2. The molecule has 0 aliphatic heterocycles. The lowest BCUT2D eigenvalue weighted by molar-refractivity contribution is 0.102. The number of H-pyrrole nitrogens is 1. The molecule has 0 atom stereocenters. The van der Waals surface area contributed by atoms with Gasteiger partial charge in [0, 0.05) is 5.69 Å². The number of nitrogens with one attached hydrogen (secondary N) is 2. The van der Waals surface area contributed by atoms with E-state index in [1.807, 2.05) is 13.0 Å². The molecule has 1 aromatic carbocycles. The van der Waals surface area contributed by atoms with E-state index >= 15 is 0 Å². The van der Waals surface area contributed by atoms with Crippen molar-refractivity contribution < 1.29 is 4.79 Å². The predicted molar refractivity (Wildman–Crippen MR) is 80.2 cm³/mol. The van der Waals surface area contributed by atoms with Gasteiger partial charge in [0.15, 0.2) is 10.8 Å². The number of halogens is 1. The lowest BCUT2D eigenvalue weighted by Gasteiger charge is -2.08. The molecule has 0 aliphatic carbocycles. The van der Waals surface area contributed by atoms with Gasteiger partial charge in [-0.1, -0.05) is 23.7 Å². The number of para-hydroxylation sites is 1. The fraction of sp³-hybridized carbons (Fsp3) is 0.0769. The van der Waals surface area contributed by atoms with Crippen molar-refractivity contribution in [1.82, 2.24) is 19.9 Å². The smallest absolute Gasteiger partial charge is 0.260 e. The number of anilines is 2. The first-order valence-corrected chi connectivity index (χ1v) is 6.47. The number of hydrogen-bond acceptors (Lipinski definition) is 5. The van der Waals surface area contributed by atoms with Gasteiger partial charge in [-0.2, -0.15) is 9.97 Å². The molecule has 0 saturated heterocycles. The van der Waals surface area contributed by atoms with Crippen molar-refractivity contribution >= 4 is 40.3 Å². The van der Waals surface area contributed by atoms with E-state index in [-0.39, 0.29) is 11.1 Å². The third-order valence-electron chi connectivity index (χ3n) is 3.04. The number of nitrogens with two attached hydrogens (primary N) is 1. The molecule has 8 heteroatoms. The Morgan fingerprint density at radius 2 is 2.19 bits per heavy atom. The first kappa shape index (κ1) is 13.3. The van der Waals surface area contributed by atoms with Gasteiger partial charge in [-0.15, -0.1) is 0 Å². The molecule has 0 spiro atoms. The SMILES string of the molecule is Cc1cccc(C(=O)Nc2nc(Cl)c3[nH]cnc3n2)c1N. The molecule has 7 nitrogen and oxygen atoms in total. The van der Waals surface area contributed by atoms with Gasteiger partial charge >= 0.3 is 0 Å². The number of fused-ring (bicyclic) bond motifs is 1. The van der Waals surface area contributed by atoms with Gasteiger partial charge in [0.25, 0.3) is 5.91 Å². The monoisotopic (exact) mass is 302 g/mol. The van der Waals surface area contributed by atoms with Crippen LogP contribution in [-0.2, 0) is 0 Å². The largest absolute Gasteiger partial charge is 0.398 e. The van der Waals surface area contributed by atoms with Gasteiger partial charge in [0.2, 0.25) is 5.95 Å². The van der Waals surface area contributed by atoms with Crippen molar-refractivity contribution in [2.75, 3.05) is 11.1 Å². The first-order chi connectivity index (χ1) is 10.1. The zero-order valence-electron chi connectivity index (χ0n) is 11.0. The standard InChI is InChI=1S/C13H11ClN6O/c1-6-3-2-4-7(8(6)15)12(21)20-13-18-10(14)9-11(19-13)17-5-16-9/h2-5H,15H2,1H3,(H2,16,17,18,19,20,21). The van der Waals surface area contributed by atoms with Crippen LogP contribution in [0.2, 0.25) is 5.15 Å². The summed E-state index contributed by atoms with van der Waals surface area (Å²) in [6.45, 7) is 1.83. The number of imidazole rings is 1. The average Bonchev–Trinajstić information content (AvgIpc) is 2.90. The zero-order chi connectivity index (χ0) is 15.0. The number of benzene rings is 1. The van der Waals surface area contributed by atoms with E-state index in [1.54, 1.807) is 12.1 Å². The van der Waals surface area contributed by atoms with Crippen LogP contribution >= 0.6 is 11.6 Å². The predicted octanol–water partition coefficient (Wildman–Crippen LogP) is 2.15. The molecule has 2 aromatic heterocycles. The number of carbonyl (C=O) groups excluding carboxylic acids is 1. The molecule has 106 valence electrons. The average molecular weight is 303 g/mol. The molecule has 0 unspecified atom stereocenters. The van der Waals surface area contributed by atoms with Crippen LogP contribution in [0.3, 0.4) is 0 Å². The molecule has 1 amide bonds. The van der Waals surface area contributed by atoms with Gasteiger partial charge in [0.05, 0.1) is 11.9 Å². The van der Waals surface area contributed by atoms with Crippen molar-refractivity contribution in [1.29, 1.82) is 0 Å². The van der Waals surface area contributed by atoms with Crippen LogP contribution < -0.4 is 11.1 Å². The third kappa shape index (κ3) is 2.38. The van der Waals surface area contributed by atoms with E-state index < -0.39 is 5.91 Å². The Labute approximate surface area is 124 Å². The second-order valence-corrected chi connectivity index (χ2v) is 4.79. The summed E-state index contributed by atoms with van der Waals surface area (Å²) in [7, 11) is 0. The summed E-state index contributed by atoms with van der Waals surface area (Å²) in [6, 6.07) is 5.22. The molecule has 0 fully saturated rings. The summed E-state index contributed by atoms with van der Waals surface area (Å²) >= 11 is 5.99. The second kappa shape index (κ2) is 5.02. The first-order valence-electron chi connectivity index (χ1n) is 6.09. The van der Waals surface area contributed by atoms with E-state index in [9.17, 15) is 4.79 Å². The van der Waals surface area contributed by atoms with Crippen molar-refractivity contribution in [3.05, 3.63) is 40.8 Å². The molecule has 0 radical (unpaired) electrons. The van der Waals surface area contributed by atoms with Crippen molar-refractivity contribution in [2.45, 2.75) is 6.92 Å². The maximum Gasteiger partial charge on any atom is 0.260 e. The summed E-state index contributed by atoms with van der Waals surface area (Å²) in [5, 5.41) is 2.75. The molecule has 0 bridgehead atoms. The molecule has 2 heterocycles. The highest BCUT2D eigenvalue weighted by molar-refractivity contribution is 6.33. The number of nitrogens with zero attached hydrogens (tertiary/aromatic N) is 3. The Morgan fingerprint density at radius 1 is 1.38 bits per heavy atom. The van der Waals surface area contributed by atoms with Crippen molar-refractivity contribution in [3.8, 4) is 0 Å². The quantitative estimate of drug-likeness (QED) is 0.496. The maximum absolute atomic E-state index is 12.2. The van der Waals surface area contributed by atoms with E-state index in [0.717, 1.165) is 5.56 Å². The fourth-order valence-electron chi connectivity index (χ4n) is 1.90. The minimum absolute atomic E-state index is 0.0745. The van der Waals surface area contributed by atoms with Crippen LogP contribution in [0, 0.1) is 6.92 Å². The molecule has 3 aromatic rings. The van der Waals surface area contributed by atoms with Gasteiger partial charge in [-0.3, -0.25) is 10.1 Å². The van der Waals surface area contributed by atoms with Gasteiger partial charge in [0.1, 0.15) is 5.52 Å². The number of amides is 1. The lowest BCUT2D eigenvalue weighted by atomic mass is 10.1. The van der Waals surface area contributed by atoms with Crippen LogP contribution in [0.25, 0.3) is 11.2 Å². The maximum atomic E-state index is 12.2. The number of aromatic nitrogens is 4. The highest BCUT2D eigenvalue weighted by atomic mass is 35.5. The van der Waals surface area contributed by atoms with Crippen molar-refractivity contribution in [2.24, 2.45) is 0 Å². The molecular formula is C13H11ClN6O. The third-order valence-corrected chi connectivity index (χ3v) is 3.31. The van der Waals surface area contributed by atoms with Crippen molar-refractivity contribution in [3.63, 3.8) is 0 Å². The summed E-state index contributed by atoms with van der Waals surface area (Å²) in [4.78, 5) is 27.1. The minimum atomic E-state index is -0.401. The number of aromatic amines is 1. The second-order valence-electron chi connectivity index (χ2n) is 4.43. The molecule has 3 rings (SSSR count). The number of nitrogen functional groups attached to an aromatic ring is 1. The topological polar surface area (TPSA) is 110 Å². The van der Waals surface area contributed by atoms with Gasteiger partial charge < -0.3 is 10.7 Å². The highest BCUT2D eigenvalue weighted by Crippen LogP contribution is 2.20. The summed E-state index contributed by atoms with van der Waals surface area (Å²) in [5.41, 5.74) is 8.39. The van der Waals surface area contributed by atoms with Crippen LogP contribution in [0.5, 0.6) is 0 Å². The lowest BCUT2D eigenvalue weighted by Crippen LogP contribution is -2.16. The summed E-state index contributed by atoms with van der Waals surface area (Å²) < 4.78 is 0. The molecule has 0 saturated carbocycles. The van der Waals surface area contributed by atoms with E-state index in [4.69, 9.17) is 17.3 Å². The van der Waals surface area contributed by atoms with Gasteiger partial charge in [-0.05, 0) is 18.6 Å². The number of carbonyl (C=O) groups is 1. The summed E-state index contributed by atoms with van der Waals surface area (Å²) in [6.07, 6.45) is 1.45. The Morgan fingerprint density at radius 3 is 3.00 bits per heavy atom. The van der Waals surface area contributed by atoms with Crippen LogP contribution in [0.4, 0.5) is 11.6 Å². The molecule has 4 N–H and O–H groups in total. The van der Waals surface area contributed by atoms with Crippen LogP contribution in [0.15, 0.2) is 24.5 Å². The van der Waals surface area contributed by atoms with Crippen LogP contribution in [0.1, 0.15) is 15.9 Å². The highest BCUT2D eigenvalue weighted by Gasteiger charge is 2.14. The Balaban J connectivity index is 1.94. The molecule has 21 heavy (non-hydrogen) atoms. The number of aryl methyl sites for hydroxylation is 1. The molecular weight excluding hydrogens is 292 g/mol. The summed E-state index contributed by atoms with van der Waals surface area (Å²) in [5.74, 6) is -0.326. The Kier molecular flexibility index (Phi) is 3.19. The Bertz CT molecular complexity index is 844. The van der Waals surface area contributed by atoms with Crippen LogP contribution in [-0.4, -0.2) is 25.8 Å².